The molecule has 3 heteroatoms. The molecular formula is C31H20N2O. The van der Waals surface area contributed by atoms with Gasteiger partial charge in [0.2, 0.25) is 0 Å². The van der Waals surface area contributed by atoms with Gasteiger partial charge in [0.25, 0.3) is 0 Å². The van der Waals surface area contributed by atoms with Crippen LogP contribution in [0.1, 0.15) is 11.8 Å². The molecule has 1 N–H and O–H groups in total. The van der Waals surface area contributed by atoms with Crippen LogP contribution in [0.4, 0.5) is 0 Å². The van der Waals surface area contributed by atoms with Crippen LogP contribution in [0, 0.1) is 0 Å². The van der Waals surface area contributed by atoms with Crippen molar-refractivity contribution < 1.29 is 5.11 Å². The third-order valence-electron chi connectivity index (χ3n) is 7.40. The first kappa shape index (κ1) is 18.1. The number of aromatic nitrogens is 2. The standard InChI is InChI=1S/C31H20N2O/c34-31-24-13-2-1-9-20(24)25-17-19(18-26-23-12-5-8-16-29(23)33(31)30(25)26)32-27-14-6-3-10-21(27)22-11-4-7-15-28(22)32/h1-18,31,34H. The first-order valence-corrected chi connectivity index (χ1v) is 11.6. The SMILES string of the molecule is OC1c2ccccc2-c2cc(-n3c4ccccc4c4ccccc43)cc3c4ccccc4n1c23. The van der Waals surface area contributed by atoms with Gasteiger partial charge in [-0.05, 0) is 35.9 Å². The Kier molecular flexibility index (Phi) is 3.40. The summed E-state index contributed by atoms with van der Waals surface area (Å²) in [5.74, 6) is 0. The van der Waals surface area contributed by atoms with E-state index in [4.69, 9.17) is 0 Å². The molecule has 0 saturated heterocycles. The van der Waals surface area contributed by atoms with Crippen LogP contribution in [0.25, 0.3) is 60.4 Å². The number of fused-ring (bicyclic) bond motifs is 8. The lowest BCUT2D eigenvalue weighted by atomic mass is 9.93. The van der Waals surface area contributed by atoms with Gasteiger partial charge in [-0.3, -0.25) is 0 Å². The Morgan fingerprint density at radius 2 is 1.09 bits per heavy atom. The lowest BCUT2D eigenvalue weighted by Gasteiger charge is -2.26. The van der Waals surface area contributed by atoms with Crippen molar-refractivity contribution in [2.24, 2.45) is 0 Å². The Labute approximate surface area is 195 Å². The number of aliphatic hydroxyl groups is 1. The predicted molar refractivity (Wildman–Crippen MR) is 140 cm³/mol. The highest BCUT2D eigenvalue weighted by atomic mass is 16.3. The highest BCUT2D eigenvalue weighted by molar-refractivity contribution is 6.16. The van der Waals surface area contributed by atoms with Crippen LogP contribution in [0.2, 0.25) is 0 Å². The molecule has 0 aliphatic carbocycles. The fourth-order valence-corrected chi connectivity index (χ4v) is 6.01. The predicted octanol–water partition coefficient (Wildman–Crippen LogP) is 7.41. The van der Waals surface area contributed by atoms with E-state index in [2.05, 4.69) is 100 Å². The van der Waals surface area contributed by atoms with Gasteiger partial charge < -0.3 is 14.2 Å². The number of para-hydroxylation sites is 3. The van der Waals surface area contributed by atoms with Crippen molar-refractivity contribution in [2.75, 3.05) is 0 Å². The Hall–Kier alpha value is -4.34. The van der Waals surface area contributed by atoms with Crippen LogP contribution in [0.15, 0.2) is 109 Å². The largest absolute Gasteiger partial charge is 0.369 e. The van der Waals surface area contributed by atoms with Gasteiger partial charge in [0.1, 0.15) is 0 Å². The lowest BCUT2D eigenvalue weighted by Crippen LogP contribution is -2.15. The summed E-state index contributed by atoms with van der Waals surface area (Å²) < 4.78 is 4.47. The highest BCUT2D eigenvalue weighted by Gasteiger charge is 2.28. The van der Waals surface area contributed by atoms with Crippen LogP contribution in [0.3, 0.4) is 0 Å². The van der Waals surface area contributed by atoms with Crippen LogP contribution >= 0.6 is 0 Å². The summed E-state index contributed by atoms with van der Waals surface area (Å²) in [6, 6.07) is 38.5. The molecule has 1 aliphatic heterocycles. The van der Waals surface area contributed by atoms with E-state index in [9.17, 15) is 5.11 Å². The molecule has 0 amide bonds. The minimum Gasteiger partial charge on any atom is -0.369 e. The molecule has 34 heavy (non-hydrogen) atoms. The number of nitrogens with zero attached hydrogens (tertiary/aromatic N) is 2. The Balaban J connectivity index is 1.59. The number of hydrogen-bond donors (Lipinski definition) is 1. The Morgan fingerprint density at radius 1 is 0.529 bits per heavy atom. The molecular weight excluding hydrogens is 416 g/mol. The maximum Gasteiger partial charge on any atom is 0.158 e. The van der Waals surface area contributed by atoms with Crippen molar-refractivity contribution >= 4 is 43.6 Å². The molecule has 0 radical (unpaired) electrons. The summed E-state index contributed by atoms with van der Waals surface area (Å²) in [4.78, 5) is 0. The summed E-state index contributed by atoms with van der Waals surface area (Å²) in [5, 5.41) is 16.2. The van der Waals surface area contributed by atoms with Crippen LogP contribution < -0.4 is 0 Å². The molecule has 7 aromatic rings. The summed E-state index contributed by atoms with van der Waals surface area (Å²) in [6.45, 7) is 0. The Morgan fingerprint density at radius 3 is 1.79 bits per heavy atom. The van der Waals surface area contributed by atoms with Gasteiger partial charge in [-0.1, -0.05) is 78.9 Å². The number of aliphatic hydroxyl groups excluding tert-OH is 1. The van der Waals surface area contributed by atoms with Crippen LogP contribution in [-0.4, -0.2) is 14.2 Å². The van der Waals surface area contributed by atoms with Crippen LogP contribution in [0.5, 0.6) is 0 Å². The average molecular weight is 437 g/mol. The normalized spacial score (nSPS) is 14.9. The lowest BCUT2D eigenvalue weighted by molar-refractivity contribution is 0.155. The van der Waals surface area contributed by atoms with E-state index in [1.165, 1.54) is 27.2 Å². The fourth-order valence-electron chi connectivity index (χ4n) is 6.01. The van der Waals surface area contributed by atoms with Crippen molar-refractivity contribution in [3.8, 4) is 16.8 Å². The molecule has 5 aromatic carbocycles. The molecule has 0 bridgehead atoms. The van der Waals surface area contributed by atoms with Gasteiger partial charge in [0, 0.05) is 38.4 Å². The molecule has 1 aliphatic rings. The topological polar surface area (TPSA) is 30.1 Å². The molecule has 1 atom stereocenters. The molecule has 0 fully saturated rings. The number of rotatable bonds is 1. The average Bonchev–Trinajstić information content (AvgIpc) is 3.41. The summed E-state index contributed by atoms with van der Waals surface area (Å²) >= 11 is 0. The quantitative estimate of drug-likeness (QED) is 0.285. The monoisotopic (exact) mass is 436 g/mol. The third kappa shape index (κ3) is 2.15. The molecule has 1 unspecified atom stereocenters. The van der Waals surface area contributed by atoms with Gasteiger partial charge >= 0.3 is 0 Å². The molecule has 2 aromatic heterocycles. The smallest absolute Gasteiger partial charge is 0.158 e. The van der Waals surface area contributed by atoms with E-state index in [-0.39, 0.29) is 0 Å². The number of hydrogen-bond acceptors (Lipinski definition) is 1. The zero-order valence-electron chi connectivity index (χ0n) is 18.3. The fraction of sp³-hybridized carbons (Fsp3) is 0.0323. The van der Waals surface area contributed by atoms with Gasteiger partial charge in [0.05, 0.1) is 22.1 Å². The molecule has 3 nitrogen and oxygen atoms in total. The minimum absolute atomic E-state index is 0.704. The van der Waals surface area contributed by atoms with Crippen molar-refractivity contribution in [1.82, 2.24) is 9.13 Å². The maximum absolute atomic E-state index is 11.4. The summed E-state index contributed by atoms with van der Waals surface area (Å²) in [5.41, 5.74) is 8.87. The van der Waals surface area contributed by atoms with E-state index in [0.717, 1.165) is 38.8 Å². The first-order valence-electron chi connectivity index (χ1n) is 11.6. The van der Waals surface area contributed by atoms with E-state index < -0.39 is 6.23 Å². The van der Waals surface area contributed by atoms with Crippen molar-refractivity contribution in [1.29, 1.82) is 0 Å². The second-order valence-corrected chi connectivity index (χ2v) is 9.11. The second-order valence-electron chi connectivity index (χ2n) is 9.11. The minimum atomic E-state index is -0.704. The van der Waals surface area contributed by atoms with Crippen molar-refractivity contribution in [3.63, 3.8) is 0 Å². The van der Waals surface area contributed by atoms with E-state index >= 15 is 0 Å². The summed E-state index contributed by atoms with van der Waals surface area (Å²) in [6.07, 6.45) is -0.704. The van der Waals surface area contributed by atoms with E-state index in [1.807, 2.05) is 18.2 Å². The van der Waals surface area contributed by atoms with Crippen molar-refractivity contribution in [3.05, 3.63) is 115 Å². The molecule has 0 spiro atoms. The maximum atomic E-state index is 11.4. The first-order chi connectivity index (χ1) is 16.8. The van der Waals surface area contributed by atoms with E-state index in [1.54, 1.807) is 0 Å². The zero-order valence-corrected chi connectivity index (χ0v) is 18.3. The molecule has 160 valence electrons. The number of benzene rings is 5. The highest BCUT2D eigenvalue weighted by Crippen LogP contribution is 2.46. The molecule has 3 heterocycles. The van der Waals surface area contributed by atoms with Gasteiger partial charge in [0.15, 0.2) is 6.23 Å². The second kappa shape index (κ2) is 6.37. The van der Waals surface area contributed by atoms with Crippen LogP contribution in [-0.2, 0) is 0 Å². The van der Waals surface area contributed by atoms with Gasteiger partial charge in [-0.25, -0.2) is 0 Å². The Bertz CT molecular complexity index is 1890. The van der Waals surface area contributed by atoms with Gasteiger partial charge in [-0.15, -0.1) is 0 Å². The third-order valence-corrected chi connectivity index (χ3v) is 7.40. The summed E-state index contributed by atoms with van der Waals surface area (Å²) in [7, 11) is 0. The van der Waals surface area contributed by atoms with E-state index in [0.29, 0.717) is 0 Å². The molecule has 8 rings (SSSR count). The molecule has 0 saturated carbocycles. The van der Waals surface area contributed by atoms with Gasteiger partial charge in [-0.2, -0.15) is 0 Å². The zero-order chi connectivity index (χ0) is 22.4. The van der Waals surface area contributed by atoms with Crippen molar-refractivity contribution in [2.45, 2.75) is 6.23 Å².